The first-order valence-corrected chi connectivity index (χ1v) is 11.4. The van der Waals surface area contributed by atoms with Crippen LogP contribution in [0.2, 0.25) is 0 Å². The van der Waals surface area contributed by atoms with Gasteiger partial charge in [-0.3, -0.25) is 4.79 Å². The predicted molar refractivity (Wildman–Crippen MR) is 110 cm³/mol. The smallest absolute Gasteiger partial charge is 0.306 e. The summed E-state index contributed by atoms with van der Waals surface area (Å²) >= 11 is 0. The summed E-state index contributed by atoms with van der Waals surface area (Å²) in [5.74, 6) is 0.588. The van der Waals surface area contributed by atoms with Gasteiger partial charge in [0.15, 0.2) is 0 Å². The van der Waals surface area contributed by atoms with Crippen LogP contribution in [0.4, 0.5) is 0 Å². The first-order chi connectivity index (χ1) is 12.2. The zero-order chi connectivity index (χ0) is 18.6. The monoisotopic (exact) mass is 354 g/mol. The maximum absolute atomic E-state index is 12.1. The summed E-state index contributed by atoms with van der Waals surface area (Å²) in [5, 5.41) is 0. The normalized spacial score (nSPS) is 11.2. The Hall–Kier alpha value is -0.530. The van der Waals surface area contributed by atoms with Crippen LogP contribution < -0.4 is 0 Å². The second-order valence-corrected chi connectivity index (χ2v) is 7.76. The molecule has 2 nitrogen and oxygen atoms in total. The molecule has 2 heteroatoms. The average Bonchev–Trinajstić information content (AvgIpc) is 2.60. The number of hydrogen-bond donors (Lipinski definition) is 0. The minimum absolute atomic E-state index is 0.0425. The Labute approximate surface area is 158 Å². The number of rotatable bonds is 19. The lowest BCUT2D eigenvalue weighted by Gasteiger charge is -2.16. The van der Waals surface area contributed by atoms with Crippen molar-refractivity contribution in [2.45, 2.75) is 130 Å². The molecule has 0 aliphatic heterocycles. The average molecular weight is 355 g/mol. The van der Waals surface area contributed by atoms with E-state index in [0.29, 0.717) is 18.9 Å². The third-order valence-electron chi connectivity index (χ3n) is 5.15. The van der Waals surface area contributed by atoms with Gasteiger partial charge in [-0.15, -0.1) is 0 Å². The van der Waals surface area contributed by atoms with E-state index in [4.69, 9.17) is 4.74 Å². The molecule has 0 heterocycles. The lowest BCUT2D eigenvalue weighted by atomic mass is 9.92. The van der Waals surface area contributed by atoms with Gasteiger partial charge in [0.2, 0.25) is 0 Å². The van der Waals surface area contributed by atoms with Crippen molar-refractivity contribution in [2.75, 3.05) is 6.61 Å². The molecule has 0 rings (SSSR count). The van der Waals surface area contributed by atoms with Crippen molar-refractivity contribution < 1.29 is 9.53 Å². The van der Waals surface area contributed by atoms with Crippen LogP contribution in [0.1, 0.15) is 130 Å². The van der Waals surface area contributed by atoms with Crippen LogP contribution in [-0.4, -0.2) is 12.6 Å². The highest BCUT2D eigenvalue weighted by Gasteiger charge is 2.14. The highest BCUT2D eigenvalue weighted by Crippen LogP contribution is 2.21. The van der Waals surface area contributed by atoms with Crippen molar-refractivity contribution in [2.24, 2.45) is 5.92 Å². The van der Waals surface area contributed by atoms with E-state index in [1.54, 1.807) is 0 Å². The van der Waals surface area contributed by atoms with Gasteiger partial charge >= 0.3 is 5.97 Å². The van der Waals surface area contributed by atoms with Gasteiger partial charge in [0.1, 0.15) is 0 Å². The zero-order valence-electron chi connectivity index (χ0n) is 17.6. The highest BCUT2D eigenvalue weighted by atomic mass is 16.5. The van der Waals surface area contributed by atoms with Crippen molar-refractivity contribution in [1.29, 1.82) is 0 Å². The molecule has 0 saturated carbocycles. The molecule has 0 radical (unpaired) electrons. The lowest BCUT2D eigenvalue weighted by molar-refractivity contribution is -0.145. The van der Waals surface area contributed by atoms with Crippen LogP contribution >= 0.6 is 0 Å². The Morgan fingerprint density at radius 3 is 1.60 bits per heavy atom. The molecule has 0 aliphatic rings. The van der Waals surface area contributed by atoms with E-state index in [2.05, 4.69) is 20.8 Å². The third kappa shape index (κ3) is 18.1. The summed E-state index contributed by atoms with van der Waals surface area (Å²) in [6, 6.07) is 0. The van der Waals surface area contributed by atoms with Crippen molar-refractivity contribution in [3.63, 3.8) is 0 Å². The van der Waals surface area contributed by atoms with E-state index in [0.717, 1.165) is 6.42 Å². The molecular formula is C23H46O2. The Morgan fingerprint density at radius 1 is 0.640 bits per heavy atom. The van der Waals surface area contributed by atoms with Crippen LogP contribution in [0.5, 0.6) is 0 Å². The van der Waals surface area contributed by atoms with Crippen LogP contribution in [0.25, 0.3) is 0 Å². The second-order valence-electron chi connectivity index (χ2n) is 7.76. The number of hydrogen-bond acceptors (Lipinski definition) is 2. The highest BCUT2D eigenvalue weighted by molar-refractivity contribution is 5.69. The lowest BCUT2D eigenvalue weighted by Crippen LogP contribution is -2.13. The molecule has 0 N–H and O–H groups in total. The molecule has 0 saturated heterocycles. The SMILES string of the molecule is CCCCCCCCCCOC(=O)CC(CCCCC)CCCCC. The van der Waals surface area contributed by atoms with E-state index in [-0.39, 0.29) is 5.97 Å². The van der Waals surface area contributed by atoms with Gasteiger partial charge in [0.05, 0.1) is 6.61 Å². The minimum Gasteiger partial charge on any atom is -0.466 e. The van der Waals surface area contributed by atoms with Gasteiger partial charge < -0.3 is 4.74 Å². The topological polar surface area (TPSA) is 26.3 Å². The van der Waals surface area contributed by atoms with Crippen molar-refractivity contribution in [1.82, 2.24) is 0 Å². The van der Waals surface area contributed by atoms with Gasteiger partial charge in [0.25, 0.3) is 0 Å². The summed E-state index contributed by atoms with van der Waals surface area (Å²) in [4.78, 5) is 12.1. The second kappa shape index (κ2) is 19.8. The van der Waals surface area contributed by atoms with E-state index in [9.17, 15) is 4.79 Å². The molecule has 0 aliphatic carbocycles. The predicted octanol–water partition coefficient (Wildman–Crippen LogP) is 7.84. The molecule has 0 atom stereocenters. The largest absolute Gasteiger partial charge is 0.466 e. The number of ether oxygens (including phenoxy) is 1. The van der Waals surface area contributed by atoms with E-state index < -0.39 is 0 Å². The summed E-state index contributed by atoms with van der Waals surface area (Å²) in [5.41, 5.74) is 0. The van der Waals surface area contributed by atoms with Gasteiger partial charge in [-0.2, -0.15) is 0 Å². The van der Waals surface area contributed by atoms with Gasteiger partial charge in [-0.25, -0.2) is 0 Å². The molecule has 0 aromatic heterocycles. The first-order valence-electron chi connectivity index (χ1n) is 11.4. The molecule has 0 bridgehead atoms. The number of esters is 1. The molecule has 0 unspecified atom stereocenters. The molecule has 25 heavy (non-hydrogen) atoms. The van der Waals surface area contributed by atoms with Gasteiger partial charge in [0, 0.05) is 6.42 Å². The summed E-state index contributed by atoms with van der Waals surface area (Å²) < 4.78 is 5.49. The summed E-state index contributed by atoms with van der Waals surface area (Å²) in [6.45, 7) is 7.37. The van der Waals surface area contributed by atoms with Crippen LogP contribution in [0, 0.1) is 5.92 Å². The molecular weight excluding hydrogens is 308 g/mol. The van der Waals surface area contributed by atoms with Gasteiger partial charge in [-0.1, -0.05) is 104 Å². The molecule has 0 amide bonds. The van der Waals surface area contributed by atoms with E-state index in [1.807, 2.05) is 0 Å². The summed E-state index contributed by atoms with van der Waals surface area (Å²) in [7, 11) is 0. The fourth-order valence-electron chi connectivity index (χ4n) is 3.43. The number of carbonyl (C=O) groups excluding carboxylic acids is 1. The van der Waals surface area contributed by atoms with Crippen LogP contribution in [0.3, 0.4) is 0 Å². The van der Waals surface area contributed by atoms with E-state index in [1.165, 1.54) is 96.3 Å². The maximum Gasteiger partial charge on any atom is 0.306 e. The van der Waals surface area contributed by atoms with Gasteiger partial charge in [-0.05, 0) is 25.2 Å². The zero-order valence-corrected chi connectivity index (χ0v) is 17.6. The van der Waals surface area contributed by atoms with Crippen molar-refractivity contribution in [3.8, 4) is 0 Å². The molecule has 0 aromatic rings. The molecule has 0 fully saturated rings. The minimum atomic E-state index is 0.0425. The Bertz CT molecular complexity index is 265. The van der Waals surface area contributed by atoms with Crippen LogP contribution in [-0.2, 0) is 9.53 Å². The maximum atomic E-state index is 12.1. The summed E-state index contributed by atoms with van der Waals surface area (Å²) in [6.07, 6.45) is 21.0. The molecule has 150 valence electrons. The number of unbranched alkanes of at least 4 members (excludes halogenated alkanes) is 11. The first kappa shape index (κ1) is 24.5. The quantitative estimate of drug-likeness (QED) is 0.174. The fraction of sp³-hybridized carbons (Fsp3) is 0.957. The van der Waals surface area contributed by atoms with Crippen LogP contribution in [0.15, 0.2) is 0 Å². The Balaban J connectivity index is 3.70. The third-order valence-corrected chi connectivity index (χ3v) is 5.15. The standard InChI is InChI=1S/C23H46O2/c1-4-7-10-11-12-13-14-17-20-25-23(24)21-22(18-15-8-5-2)19-16-9-6-3/h22H,4-21H2,1-3H3. The van der Waals surface area contributed by atoms with Crippen molar-refractivity contribution >= 4 is 5.97 Å². The van der Waals surface area contributed by atoms with Crippen molar-refractivity contribution in [3.05, 3.63) is 0 Å². The molecule has 0 aromatic carbocycles. The molecule has 0 spiro atoms. The Kier molecular flexibility index (Phi) is 19.4. The number of carbonyl (C=O) groups is 1. The fourth-order valence-corrected chi connectivity index (χ4v) is 3.43. The Morgan fingerprint density at radius 2 is 1.08 bits per heavy atom. The van der Waals surface area contributed by atoms with E-state index >= 15 is 0 Å².